The van der Waals surface area contributed by atoms with Gasteiger partial charge in [0.15, 0.2) is 0 Å². The molecule has 0 saturated heterocycles. The lowest BCUT2D eigenvalue weighted by atomic mass is 9.98. The summed E-state index contributed by atoms with van der Waals surface area (Å²) in [5.74, 6) is -0.107. The van der Waals surface area contributed by atoms with E-state index in [0.717, 1.165) is 30.2 Å². The van der Waals surface area contributed by atoms with Crippen molar-refractivity contribution in [2.45, 2.75) is 51.2 Å². The maximum absolute atomic E-state index is 12.3. The normalized spacial score (nSPS) is 19.6. The van der Waals surface area contributed by atoms with E-state index in [9.17, 15) is 9.36 Å². The van der Waals surface area contributed by atoms with E-state index in [1.165, 1.54) is 6.42 Å². The third-order valence-corrected chi connectivity index (χ3v) is 5.74. The van der Waals surface area contributed by atoms with E-state index in [0.29, 0.717) is 5.75 Å². The van der Waals surface area contributed by atoms with E-state index in [1.54, 1.807) is 31.2 Å². The minimum absolute atomic E-state index is 0.0531. The largest absolute Gasteiger partial charge is 0.461 e. The van der Waals surface area contributed by atoms with Gasteiger partial charge in [0.25, 0.3) is 0 Å². The van der Waals surface area contributed by atoms with Crippen LogP contribution in [0.3, 0.4) is 0 Å². The fourth-order valence-electron chi connectivity index (χ4n) is 2.39. The molecule has 0 radical (unpaired) electrons. The number of carbonyl (C=O) groups is 1. The number of carbonyl (C=O) groups excluding carboxylic acids is 1. The molecule has 1 saturated carbocycles. The Bertz CT molecular complexity index is 577. The van der Waals surface area contributed by atoms with Gasteiger partial charge in [-0.3, -0.25) is 4.79 Å². The summed E-state index contributed by atoms with van der Waals surface area (Å²) < 4.78 is 23.8. The first-order valence-corrected chi connectivity index (χ1v) is 10.9. The molecule has 1 aromatic carbocycles. The molecule has 0 amide bonds. The Balaban J connectivity index is 1.86. The molecule has 0 aromatic heterocycles. The number of ether oxygens (including phenoxy) is 1. The Kier molecular flexibility index (Phi) is 6.96. The smallest absolute Gasteiger partial charge is 0.409 e. The van der Waals surface area contributed by atoms with Crippen LogP contribution in [0.1, 0.15) is 39.0 Å². The van der Waals surface area contributed by atoms with Crippen LogP contribution >= 0.6 is 34.0 Å². The predicted octanol–water partition coefficient (Wildman–Crippen LogP) is 5.03. The van der Waals surface area contributed by atoms with E-state index in [-0.39, 0.29) is 6.10 Å². The van der Waals surface area contributed by atoms with Crippen LogP contribution in [-0.2, 0) is 14.1 Å². The van der Waals surface area contributed by atoms with E-state index in [1.807, 2.05) is 0 Å². The zero-order valence-corrected chi connectivity index (χ0v) is 16.1. The van der Waals surface area contributed by atoms with Gasteiger partial charge in [-0.05, 0) is 56.9 Å². The number of esters is 1. The second-order valence-electron chi connectivity index (χ2n) is 5.57. The van der Waals surface area contributed by atoms with E-state index in [4.69, 9.17) is 20.5 Å². The molecule has 0 bridgehead atoms. The number of benzene rings is 1. The molecule has 1 aromatic rings. The predicted molar refractivity (Wildman–Crippen MR) is 93.8 cm³/mol. The molecule has 128 valence electrons. The number of hydrogen-bond acceptors (Lipinski definition) is 4. The average Bonchev–Trinajstić information content (AvgIpc) is 2.50. The molecule has 1 N–H and O–H groups in total. The van der Waals surface area contributed by atoms with Crippen LogP contribution in [0.15, 0.2) is 28.7 Å². The van der Waals surface area contributed by atoms with Crippen LogP contribution < -0.4 is 9.61 Å². The van der Waals surface area contributed by atoms with Crippen molar-refractivity contribution < 1.29 is 18.6 Å². The highest BCUT2D eigenvalue weighted by atomic mass is 79.9. The second-order valence-corrected chi connectivity index (χ2v) is 9.22. The van der Waals surface area contributed by atoms with E-state index >= 15 is 0 Å². The topological polar surface area (TPSA) is 64.6 Å². The van der Waals surface area contributed by atoms with Crippen LogP contribution in [0, 0.1) is 0 Å². The van der Waals surface area contributed by atoms with Crippen LogP contribution in [-0.4, -0.2) is 18.1 Å². The maximum Gasteiger partial charge on any atom is 0.409 e. The van der Waals surface area contributed by atoms with E-state index in [2.05, 4.69) is 21.0 Å². The summed E-state index contributed by atoms with van der Waals surface area (Å²) in [7, 11) is 0. The minimum Gasteiger partial charge on any atom is -0.461 e. The van der Waals surface area contributed by atoms with Crippen molar-refractivity contribution >= 4 is 40.0 Å². The summed E-state index contributed by atoms with van der Waals surface area (Å²) in [6.07, 6.45) is 5.03. The molecule has 2 rings (SSSR count). The molecule has 23 heavy (non-hydrogen) atoms. The van der Waals surface area contributed by atoms with Crippen molar-refractivity contribution in [2.75, 3.05) is 0 Å². The first kappa shape index (κ1) is 18.8. The zero-order valence-electron chi connectivity index (χ0n) is 12.8. The van der Waals surface area contributed by atoms with Gasteiger partial charge in [-0.2, -0.15) is 0 Å². The number of nitrogens with one attached hydrogen (secondary N) is 1. The van der Waals surface area contributed by atoms with Crippen LogP contribution in [0.5, 0.6) is 5.75 Å². The lowest BCUT2D eigenvalue weighted by molar-refractivity contribution is -0.152. The van der Waals surface area contributed by atoms with Gasteiger partial charge in [-0.1, -0.05) is 22.4 Å². The molecule has 1 aliphatic carbocycles. The van der Waals surface area contributed by atoms with Crippen molar-refractivity contribution in [1.29, 1.82) is 0 Å². The third-order valence-electron chi connectivity index (χ3n) is 3.57. The Labute approximate surface area is 149 Å². The lowest BCUT2D eigenvalue weighted by Gasteiger charge is -2.24. The monoisotopic (exact) mass is 423 g/mol. The van der Waals surface area contributed by atoms with Gasteiger partial charge < -0.3 is 9.26 Å². The molecule has 1 unspecified atom stereocenters. The van der Waals surface area contributed by atoms with E-state index < -0.39 is 18.9 Å². The van der Waals surface area contributed by atoms with Crippen molar-refractivity contribution in [1.82, 2.24) is 5.09 Å². The molecule has 0 heterocycles. The second kappa shape index (κ2) is 8.52. The van der Waals surface area contributed by atoms with Crippen molar-refractivity contribution in [3.05, 3.63) is 28.7 Å². The van der Waals surface area contributed by atoms with Gasteiger partial charge in [0.2, 0.25) is 0 Å². The summed E-state index contributed by atoms with van der Waals surface area (Å²) in [4.78, 5) is 12.1. The average molecular weight is 425 g/mol. The van der Waals surface area contributed by atoms with Gasteiger partial charge in [-0.15, -0.1) is 0 Å². The SMILES string of the molecule is C[C@H](NP(=O)(Cl)Oc1ccc(Br)cc1)C(=O)OC1CCCCC1. The van der Waals surface area contributed by atoms with Gasteiger partial charge in [0.1, 0.15) is 17.9 Å². The Morgan fingerprint density at radius 1 is 1.30 bits per heavy atom. The molecule has 5 nitrogen and oxygen atoms in total. The molecule has 1 fully saturated rings. The van der Waals surface area contributed by atoms with Gasteiger partial charge in [-0.25, -0.2) is 9.65 Å². The number of rotatable bonds is 6. The molecular weight excluding hydrogens is 404 g/mol. The summed E-state index contributed by atoms with van der Waals surface area (Å²) >= 11 is 9.19. The standard InChI is InChI=1S/C15H20BrClNO4P/c1-11(15(19)21-13-5-3-2-4-6-13)18-23(17,20)22-14-9-7-12(16)8-10-14/h7-11,13H,2-6H2,1H3,(H,18,20)/t11-,23?/m0/s1. The van der Waals surface area contributed by atoms with Gasteiger partial charge in [0, 0.05) is 15.7 Å². The van der Waals surface area contributed by atoms with Crippen LogP contribution in [0.2, 0.25) is 0 Å². The van der Waals surface area contributed by atoms with Crippen LogP contribution in [0.4, 0.5) is 0 Å². The van der Waals surface area contributed by atoms with Crippen molar-refractivity contribution in [3.8, 4) is 5.75 Å². The fraction of sp³-hybridized carbons (Fsp3) is 0.533. The van der Waals surface area contributed by atoms with Crippen molar-refractivity contribution in [2.24, 2.45) is 0 Å². The Morgan fingerprint density at radius 2 is 1.91 bits per heavy atom. The van der Waals surface area contributed by atoms with Crippen molar-refractivity contribution in [3.63, 3.8) is 0 Å². The quantitative estimate of drug-likeness (QED) is 0.512. The van der Waals surface area contributed by atoms with Crippen LogP contribution in [0.25, 0.3) is 0 Å². The maximum atomic E-state index is 12.3. The molecular formula is C15H20BrClNO4P. The highest BCUT2D eigenvalue weighted by molar-refractivity contribution is 9.10. The Hall–Kier alpha value is -0.550. The van der Waals surface area contributed by atoms with Gasteiger partial charge in [0.05, 0.1) is 0 Å². The number of hydrogen-bond donors (Lipinski definition) is 1. The minimum atomic E-state index is -3.69. The summed E-state index contributed by atoms with van der Waals surface area (Å²) in [6, 6.07) is 5.94. The zero-order chi connectivity index (χ0) is 16.9. The molecule has 0 spiro atoms. The molecule has 2 atom stereocenters. The lowest BCUT2D eigenvalue weighted by Crippen LogP contribution is -2.36. The molecule has 1 aliphatic rings. The first-order valence-electron chi connectivity index (χ1n) is 7.59. The highest BCUT2D eigenvalue weighted by Crippen LogP contribution is 2.48. The summed E-state index contributed by atoms with van der Waals surface area (Å²) in [5.41, 5.74) is 0. The third kappa shape index (κ3) is 6.46. The Morgan fingerprint density at radius 3 is 2.52 bits per heavy atom. The van der Waals surface area contributed by atoms with Gasteiger partial charge >= 0.3 is 12.8 Å². The molecule has 8 heteroatoms. The highest BCUT2D eigenvalue weighted by Gasteiger charge is 2.29. The summed E-state index contributed by atoms with van der Waals surface area (Å²) in [5, 5.41) is 2.52. The number of halogens is 2. The molecule has 0 aliphatic heterocycles. The first-order chi connectivity index (χ1) is 10.9. The fourth-order valence-corrected chi connectivity index (χ4v) is 4.35. The summed E-state index contributed by atoms with van der Waals surface area (Å²) in [6.45, 7) is -2.13.